The molecule has 2 fully saturated rings. The number of halogens is 3. The molecule has 2 heterocycles. The smallest absolute Gasteiger partial charge is 0.419 e. The normalized spacial score (nSPS) is 27.7. The molecule has 2 aliphatic heterocycles. The summed E-state index contributed by atoms with van der Waals surface area (Å²) in [7, 11) is 1.20. The van der Waals surface area contributed by atoms with Crippen molar-refractivity contribution >= 4 is 17.5 Å². The molecule has 0 spiro atoms. The lowest BCUT2D eigenvalue weighted by atomic mass is 9.89. The fourth-order valence-electron chi connectivity index (χ4n) is 3.39. The minimum absolute atomic E-state index is 0.143. The Balaban J connectivity index is 1.86. The van der Waals surface area contributed by atoms with E-state index in [4.69, 9.17) is 4.74 Å². The third-order valence-corrected chi connectivity index (χ3v) is 6.08. The first-order valence-electron chi connectivity index (χ1n) is 7.33. The van der Waals surface area contributed by atoms with Crippen LogP contribution in [0.5, 0.6) is 5.75 Å². The Morgan fingerprint density at radius 3 is 2.41 bits per heavy atom. The van der Waals surface area contributed by atoms with Gasteiger partial charge in [-0.15, -0.1) is 0 Å². The first kappa shape index (κ1) is 15.7. The van der Waals surface area contributed by atoms with Crippen LogP contribution in [-0.4, -0.2) is 23.4 Å². The Labute approximate surface area is 131 Å². The molecular weight excluding hydrogens is 313 g/mol. The molecule has 0 aliphatic carbocycles. The van der Waals surface area contributed by atoms with Gasteiger partial charge in [-0.2, -0.15) is 24.9 Å². The highest BCUT2D eigenvalue weighted by Gasteiger charge is 2.39. The average Bonchev–Trinajstić information content (AvgIpc) is 2.83. The lowest BCUT2D eigenvalue weighted by Gasteiger charge is -2.26. The van der Waals surface area contributed by atoms with Crippen LogP contribution in [0.3, 0.4) is 0 Å². The zero-order valence-electron chi connectivity index (χ0n) is 12.2. The van der Waals surface area contributed by atoms with Gasteiger partial charge in [0.05, 0.1) is 12.7 Å². The number of ether oxygens (including phenoxy) is 1. The van der Waals surface area contributed by atoms with Crippen LogP contribution in [0.2, 0.25) is 0 Å². The second-order valence-electron chi connectivity index (χ2n) is 5.90. The molecule has 2 aliphatic rings. The summed E-state index contributed by atoms with van der Waals surface area (Å²) in [5.74, 6) is -0.554. The number of benzene rings is 1. The lowest BCUT2D eigenvalue weighted by Crippen LogP contribution is -2.25. The molecule has 1 aromatic rings. The van der Waals surface area contributed by atoms with E-state index in [2.05, 4.69) is 0 Å². The zero-order valence-corrected chi connectivity index (χ0v) is 13.0. The van der Waals surface area contributed by atoms with Crippen LogP contribution in [0.15, 0.2) is 18.2 Å². The van der Waals surface area contributed by atoms with Crippen molar-refractivity contribution in [2.45, 2.75) is 42.4 Å². The van der Waals surface area contributed by atoms with Crippen molar-refractivity contribution in [2.75, 3.05) is 7.11 Å². The molecule has 3 rings (SSSR count). The van der Waals surface area contributed by atoms with Crippen LogP contribution in [0.4, 0.5) is 13.2 Å². The fourth-order valence-corrected chi connectivity index (χ4v) is 5.17. The van der Waals surface area contributed by atoms with Crippen LogP contribution in [0, 0.1) is 5.92 Å². The van der Waals surface area contributed by atoms with E-state index < -0.39 is 11.7 Å². The number of rotatable bonds is 3. The van der Waals surface area contributed by atoms with Gasteiger partial charge in [-0.05, 0) is 43.9 Å². The molecule has 2 unspecified atom stereocenters. The standard InChI is InChI=1S/C16H17F3O2S/c1-21-14-5-2-9(8-13(14)16(17,18)19)15(20)10-6-11-3-4-12(7-10)22-11/h2,5,8,10-12H,3-4,6-7H2,1H3. The molecule has 120 valence electrons. The van der Waals surface area contributed by atoms with Crippen molar-refractivity contribution in [3.8, 4) is 5.75 Å². The van der Waals surface area contributed by atoms with E-state index >= 15 is 0 Å². The fraction of sp³-hybridized carbons (Fsp3) is 0.562. The number of hydrogen-bond acceptors (Lipinski definition) is 3. The van der Waals surface area contributed by atoms with Crippen LogP contribution in [0.1, 0.15) is 41.6 Å². The first-order valence-corrected chi connectivity index (χ1v) is 8.27. The molecule has 0 saturated carbocycles. The number of Topliss-reactive ketones (excluding diaryl/α,β-unsaturated/α-hetero) is 1. The monoisotopic (exact) mass is 330 g/mol. The average molecular weight is 330 g/mol. The van der Waals surface area contributed by atoms with Gasteiger partial charge < -0.3 is 4.74 Å². The summed E-state index contributed by atoms with van der Waals surface area (Å²) in [6.07, 6.45) is -0.713. The van der Waals surface area contributed by atoms with E-state index in [9.17, 15) is 18.0 Å². The molecular formula is C16H17F3O2S. The molecule has 2 nitrogen and oxygen atoms in total. The van der Waals surface area contributed by atoms with Gasteiger partial charge in [0.15, 0.2) is 5.78 Å². The number of hydrogen-bond donors (Lipinski definition) is 0. The summed E-state index contributed by atoms with van der Waals surface area (Å²) in [6.45, 7) is 0. The second kappa shape index (κ2) is 5.80. The van der Waals surface area contributed by atoms with Gasteiger partial charge in [0.2, 0.25) is 0 Å². The topological polar surface area (TPSA) is 26.3 Å². The van der Waals surface area contributed by atoms with Crippen molar-refractivity contribution in [3.63, 3.8) is 0 Å². The third-order valence-electron chi connectivity index (χ3n) is 4.45. The Morgan fingerprint density at radius 2 is 1.86 bits per heavy atom. The molecule has 0 N–H and O–H groups in total. The second-order valence-corrected chi connectivity index (χ2v) is 7.51. The van der Waals surface area contributed by atoms with Gasteiger partial charge >= 0.3 is 6.18 Å². The zero-order chi connectivity index (χ0) is 15.9. The van der Waals surface area contributed by atoms with Crippen molar-refractivity contribution in [1.29, 1.82) is 0 Å². The van der Waals surface area contributed by atoms with Crippen LogP contribution < -0.4 is 4.74 Å². The lowest BCUT2D eigenvalue weighted by molar-refractivity contribution is -0.138. The van der Waals surface area contributed by atoms with E-state index in [1.54, 1.807) is 0 Å². The van der Waals surface area contributed by atoms with Gasteiger partial charge in [0.25, 0.3) is 0 Å². The summed E-state index contributed by atoms with van der Waals surface area (Å²) in [4.78, 5) is 12.6. The Bertz CT molecular complexity index is 573. The number of alkyl halides is 3. The SMILES string of the molecule is COc1ccc(C(=O)C2CC3CCC(C2)S3)cc1C(F)(F)F. The quantitative estimate of drug-likeness (QED) is 0.759. The molecule has 6 heteroatoms. The van der Waals surface area contributed by atoms with Gasteiger partial charge in [-0.1, -0.05) is 0 Å². The molecule has 22 heavy (non-hydrogen) atoms. The van der Waals surface area contributed by atoms with E-state index in [0.717, 1.165) is 31.7 Å². The molecule has 2 atom stereocenters. The predicted molar refractivity (Wildman–Crippen MR) is 79.5 cm³/mol. The minimum atomic E-state index is -4.52. The molecule has 2 saturated heterocycles. The highest BCUT2D eigenvalue weighted by atomic mass is 32.2. The molecule has 1 aromatic carbocycles. The van der Waals surface area contributed by atoms with Gasteiger partial charge in [0.1, 0.15) is 5.75 Å². The summed E-state index contributed by atoms with van der Waals surface area (Å²) in [5, 5.41) is 0.987. The summed E-state index contributed by atoms with van der Waals surface area (Å²) < 4.78 is 43.9. The van der Waals surface area contributed by atoms with Gasteiger partial charge in [-0.25, -0.2) is 0 Å². The maximum Gasteiger partial charge on any atom is 0.419 e. The predicted octanol–water partition coefficient (Wildman–Crippen LogP) is 4.57. The van der Waals surface area contributed by atoms with E-state index in [-0.39, 0.29) is 23.0 Å². The van der Waals surface area contributed by atoms with E-state index in [1.807, 2.05) is 11.8 Å². The number of methoxy groups -OCH3 is 1. The maximum absolute atomic E-state index is 13.1. The number of carbonyl (C=O) groups is 1. The van der Waals surface area contributed by atoms with E-state index in [0.29, 0.717) is 10.5 Å². The van der Waals surface area contributed by atoms with Crippen molar-refractivity contribution in [3.05, 3.63) is 29.3 Å². The first-order chi connectivity index (χ1) is 10.4. The molecule has 0 aromatic heterocycles. The minimum Gasteiger partial charge on any atom is -0.496 e. The van der Waals surface area contributed by atoms with Crippen LogP contribution >= 0.6 is 11.8 Å². The summed E-state index contributed by atoms with van der Waals surface area (Å²) in [6, 6.07) is 3.62. The maximum atomic E-state index is 13.1. The summed E-state index contributed by atoms with van der Waals surface area (Å²) in [5.41, 5.74) is -0.738. The number of fused-ring (bicyclic) bond motifs is 2. The number of carbonyl (C=O) groups excluding carboxylic acids is 1. The molecule has 0 radical (unpaired) electrons. The van der Waals surface area contributed by atoms with Crippen molar-refractivity contribution in [2.24, 2.45) is 5.92 Å². The Morgan fingerprint density at radius 1 is 1.23 bits per heavy atom. The molecule has 0 amide bonds. The summed E-state index contributed by atoms with van der Waals surface area (Å²) >= 11 is 1.93. The number of ketones is 1. The van der Waals surface area contributed by atoms with Crippen molar-refractivity contribution in [1.82, 2.24) is 0 Å². The van der Waals surface area contributed by atoms with Crippen molar-refractivity contribution < 1.29 is 22.7 Å². The van der Waals surface area contributed by atoms with Gasteiger partial charge in [-0.3, -0.25) is 4.79 Å². The highest BCUT2D eigenvalue weighted by Crippen LogP contribution is 2.47. The van der Waals surface area contributed by atoms with Gasteiger partial charge in [0, 0.05) is 22.0 Å². The molecule has 2 bridgehead atoms. The van der Waals surface area contributed by atoms with Crippen LogP contribution in [0.25, 0.3) is 0 Å². The van der Waals surface area contributed by atoms with Crippen LogP contribution in [-0.2, 0) is 6.18 Å². The largest absolute Gasteiger partial charge is 0.496 e. The van der Waals surface area contributed by atoms with E-state index in [1.165, 1.54) is 19.2 Å². The highest BCUT2D eigenvalue weighted by molar-refractivity contribution is 8.00. The number of thioether (sulfide) groups is 1. The Hall–Kier alpha value is -1.17. The third kappa shape index (κ3) is 2.98. The Kier molecular flexibility index (Phi) is 4.14.